The molecule has 0 unspecified atom stereocenters. The van der Waals surface area contributed by atoms with Gasteiger partial charge in [-0.2, -0.15) is 0 Å². The monoisotopic (exact) mass is 246 g/mol. The van der Waals surface area contributed by atoms with Gasteiger partial charge < -0.3 is 10.5 Å². The van der Waals surface area contributed by atoms with Crippen molar-refractivity contribution in [1.82, 2.24) is 14.8 Å². The first-order valence-electron chi connectivity index (χ1n) is 6.02. The average molecular weight is 246 g/mol. The Morgan fingerprint density at radius 1 is 1.17 bits per heavy atom. The fraction of sp³-hybridized carbons (Fsp3) is 0.385. The van der Waals surface area contributed by atoms with Crippen molar-refractivity contribution >= 4 is 0 Å². The molecule has 5 nitrogen and oxygen atoms in total. The summed E-state index contributed by atoms with van der Waals surface area (Å²) in [7, 11) is 0. The minimum absolute atomic E-state index is 0.159. The van der Waals surface area contributed by atoms with Gasteiger partial charge in [-0.3, -0.25) is 4.57 Å². The number of nitrogens with zero attached hydrogens (tertiary/aromatic N) is 3. The third kappa shape index (κ3) is 2.75. The van der Waals surface area contributed by atoms with E-state index in [9.17, 15) is 0 Å². The Balaban J connectivity index is 2.34. The summed E-state index contributed by atoms with van der Waals surface area (Å²) in [6.45, 7) is 4.77. The Hall–Kier alpha value is -1.72. The maximum Gasteiger partial charge on any atom is 0.163 e. The maximum atomic E-state index is 5.69. The molecule has 0 amide bonds. The lowest BCUT2D eigenvalue weighted by molar-refractivity contribution is 0.0603. The van der Waals surface area contributed by atoms with Crippen molar-refractivity contribution in [3.05, 3.63) is 42.0 Å². The van der Waals surface area contributed by atoms with Crippen molar-refractivity contribution < 1.29 is 4.74 Å². The van der Waals surface area contributed by atoms with Crippen molar-refractivity contribution in [2.75, 3.05) is 0 Å². The average Bonchev–Trinajstić information content (AvgIpc) is 2.80. The summed E-state index contributed by atoms with van der Waals surface area (Å²) in [6.07, 6.45) is 0.159. The Morgan fingerprint density at radius 3 is 2.44 bits per heavy atom. The molecule has 0 spiro atoms. The highest BCUT2D eigenvalue weighted by Gasteiger charge is 2.12. The zero-order valence-corrected chi connectivity index (χ0v) is 10.7. The molecule has 0 radical (unpaired) electrons. The molecule has 2 rings (SSSR count). The first-order chi connectivity index (χ1) is 8.72. The van der Waals surface area contributed by atoms with E-state index in [1.54, 1.807) is 0 Å². The van der Waals surface area contributed by atoms with Gasteiger partial charge in [-0.05, 0) is 26.0 Å². The van der Waals surface area contributed by atoms with E-state index in [0.717, 1.165) is 17.3 Å². The third-order valence-electron chi connectivity index (χ3n) is 2.54. The highest BCUT2D eigenvalue weighted by Crippen LogP contribution is 2.14. The SMILES string of the molecule is CC(C)OCc1nnc(CN)n1-c1ccccc1. The molecule has 1 heterocycles. The van der Waals surface area contributed by atoms with E-state index in [1.807, 2.05) is 48.7 Å². The number of hydrogen-bond acceptors (Lipinski definition) is 4. The summed E-state index contributed by atoms with van der Waals surface area (Å²) >= 11 is 0. The zero-order valence-electron chi connectivity index (χ0n) is 10.7. The molecule has 0 fully saturated rings. The van der Waals surface area contributed by atoms with Crippen LogP contribution in [-0.4, -0.2) is 20.9 Å². The lowest BCUT2D eigenvalue weighted by Crippen LogP contribution is -2.11. The number of ether oxygens (including phenoxy) is 1. The second-order valence-corrected chi connectivity index (χ2v) is 4.27. The van der Waals surface area contributed by atoms with Crippen molar-refractivity contribution in [3.63, 3.8) is 0 Å². The van der Waals surface area contributed by atoms with Crippen molar-refractivity contribution in [3.8, 4) is 5.69 Å². The van der Waals surface area contributed by atoms with E-state index in [0.29, 0.717) is 13.2 Å². The molecule has 0 saturated carbocycles. The molecule has 1 aromatic carbocycles. The van der Waals surface area contributed by atoms with Crippen LogP contribution >= 0.6 is 0 Å². The molecular formula is C13H18N4O. The Labute approximate surface area is 107 Å². The first-order valence-corrected chi connectivity index (χ1v) is 6.02. The molecule has 1 aromatic heterocycles. The van der Waals surface area contributed by atoms with Crippen LogP contribution in [0.4, 0.5) is 0 Å². The summed E-state index contributed by atoms with van der Waals surface area (Å²) in [5, 5.41) is 8.24. The van der Waals surface area contributed by atoms with Crippen LogP contribution in [0.5, 0.6) is 0 Å². The Kier molecular flexibility index (Phi) is 4.07. The number of para-hydroxylation sites is 1. The van der Waals surface area contributed by atoms with Crippen molar-refractivity contribution in [2.45, 2.75) is 33.1 Å². The van der Waals surface area contributed by atoms with Crippen molar-refractivity contribution in [1.29, 1.82) is 0 Å². The van der Waals surface area contributed by atoms with Gasteiger partial charge in [0, 0.05) is 5.69 Å². The lowest BCUT2D eigenvalue weighted by atomic mass is 10.3. The quantitative estimate of drug-likeness (QED) is 0.871. The zero-order chi connectivity index (χ0) is 13.0. The van der Waals surface area contributed by atoms with Gasteiger partial charge in [0.1, 0.15) is 6.61 Å². The Morgan fingerprint density at radius 2 is 1.83 bits per heavy atom. The number of benzene rings is 1. The molecule has 18 heavy (non-hydrogen) atoms. The largest absolute Gasteiger partial charge is 0.371 e. The third-order valence-corrected chi connectivity index (χ3v) is 2.54. The molecule has 0 aliphatic rings. The van der Waals surface area contributed by atoms with Gasteiger partial charge in [0.2, 0.25) is 0 Å². The highest BCUT2D eigenvalue weighted by atomic mass is 16.5. The molecule has 0 bridgehead atoms. The lowest BCUT2D eigenvalue weighted by Gasteiger charge is -2.11. The van der Waals surface area contributed by atoms with Crippen LogP contribution in [0, 0.1) is 0 Å². The van der Waals surface area contributed by atoms with Gasteiger partial charge in [0.15, 0.2) is 11.6 Å². The predicted molar refractivity (Wildman–Crippen MR) is 69.2 cm³/mol. The number of nitrogens with two attached hydrogens (primary N) is 1. The molecular weight excluding hydrogens is 228 g/mol. The summed E-state index contributed by atoms with van der Waals surface area (Å²) in [6, 6.07) is 9.93. The van der Waals surface area contributed by atoms with Gasteiger partial charge in [-0.15, -0.1) is 10.2 Å². The fourth-order valence-electron chi connectivity index (χ4n) is 1.70. The van der Waals surface area contributed by atoms with E-state index >= 15 is 0 Å². The van der Waals surface area contributed by atoms with Crippen molar-refractivity contribution in [2.24, 2.45) is 5.73 Å². The van der Waals surface area contributed by atoms with E-state index in [2.05, 4.69) is 10.2 Å². The highest BCUT2D eigenvalue weighted by molar-refractivity contribution is 5.33. The predicted octanol–water partition coefficient (Wildman–Crippen LogP) is 1.65. The molecule has 96 valence electrons. The topological polar surface area (TPSA) is 66.0 Å². The second-order valence-electron chi connectivity index (χ2n) is 4.27. The van der Waals surface area contributed by atoms with Gasteiger partial charge >= 0.3 is 0 Å². The van der Waals surface area contributed by atoms with E-state index in [4.69, 9.17) is 10.5 Å². The molecule has 0 saturated heterocycles. The van der Waals surface area contributed by atoms with Crippen LogP contribution in [0.1, 0.15) is 25.5 Å². The van der Waals surface area contributed by atoms with Gasteiger partial charge in [-0.25, -0.2) is 0 Å². The number of hydrogen-bond donors (Lipinski definition) is 1. The van der Waals surface area contributed by atoms with E-state index in [1.165, 1.54) is 0 Å². The molecule has 0 aliphatic heterocycles. The number of aromatic nitrogens is 3. The van der Waals surface area contributed by atoms with E-state index < -0.39 is 0 Å². The summed E-state index contributed by atoms with van der Waals surface area (Å²) in [5.74, 6) is 1.51. The number of rotatable bonds is 5. The maximum absolute atomic E-state index is 5.69. The smallest absolute Gasteiger partial charge is 0.163 e. The minimum Gasteiger partial charge on any atom is -0.371 e. The van der Waals surface area contributed by atoms with Gasteiger partial charge in [0.05, 0.1) is 12.6 Å². The molecule has 2 aromatic rings. The fourth-order valence-corrected chi connectivity index (χ4v) is 1.70. The minimum atomic E-state index is 0.159. The normalized spacial score (nSPS) is 11.1. The summed E-state index contributed by atoms with van der Waals surface area (Å²) in [4.78, 5) is 0. The van der Waals surface area contributed by atoms with E-state index in [-0.39, 0.29) is 6.10 Å². The first kappa shape index (κ1) is 12.7. The van der Waals surface area contributed by atoms with Gasteiger partial charge in [0.25, 0.3) is 0 Å². The van der Waals surface area contributed by atoms with Crippen LogP contribution in [0.2, 0.25) is 0 Å². The van der Waals surface area contributed by atoms with Crippen LogP contribution in [-0.2, 0) is 17.9 Å². The van der Waals surface area contributed by atoms with Crippen LogP contribution in [0.25, 0.3) is 5.69 Å². The molecule has 2 N–H and O–H groups in total. The summed E-state index contributed by atoms with van der Waals surface area (Å²) in [5.41, 5.74) is 6.70. The van der Waals surface area contributed by atoms with Gasteiger partial charge in [-0.1, -0.05) is 18.2 Å². The molecule has 5 heteroatoms. The molecule has 0 aliphatic carbocycles. The van der Waals surface area contributed by atoms with Crippen LogP contribution < -0.4 is 5.73 Å². The molecule has 0 atom stereocenters. The standard InChI is InChI=1S/C13H18N4O/c1-10(2)18-9-13-16-15-12(8-14)17(13)11-6-4-3-5-7-11/h3-7,10H,8-9,14H2,1-2H3. The second kappa shape index (κ2) is 5.75. The van der Waals surface area contributed by atoms with Crippen LogP contribution in [0.3, 0.4) is 0 Å². The summed E-state index contributed by atoms with van der Waals surface area (Å²) < 4.78 is 7.53. The van der Waals surface area contributed by atoms with Crippen LogP contribution in [0.15, 0.2) is 30.3 Å². The Bertz CT molecular complexity index is 493.